The van der Waals surface area contributed by atoms with Gasteiger partial charge in [0.15, 0.2) is 0 Å². The lowest BCUT2D eigenvalue weighted by molar-refractivity contribution is 0.0381. The van der Waals surface area contributed by atoms with Gasteiger partial charge in [-0.15, -0.1) is 0 Å². The maximum atomic E-state index is 10.3. The summed E-state index contributed by atoms with van der Waals surface area (Å²) in [6.45, 7) is 4.11. The van der Waals surface area contributed by atoms with Gasteiger partial charge in [0.1, 0.15) is 0 Å². The molecule has 0 amide bonds. The van der Waals surface area contributed by atoms with Crippen LogP contribution in [0.3, 0.4) is 0 Å². The Balaban J connectivity index is 2.12. The van der Waals surface area contributed by atoms with E-state index < -0.39 is 5.60 Å². The minimum atomic E-state index is -0.518. The van der Waals surface area contributed by atoms with Crippen LogP contribution >= 0.6 is 0 Å². The molecule has 0 aliphatic carbocycles. The first-order valence-corrected chi connectivity index (χ1v) is 5.22. The zero-order valence-electron chi connectivity index (χ0n) is 8.51. The van der Waals surface area contributed by atoms with Crippen LogP contribution in [0.2, 0.25) is 0 Å². The lowest BCUT2D eigenvalue weighted by atomic mass is 9.86. The van der Waals surface area contributed by atoms with Gasteiger partial charge in [0.25, 0.3) is 0 Å². The van der Waals surface area contributed by atoms with Crippen molar-refractivity contribution < 1.29 is 5.11 Å². The van der Waals surface area contributed by atoms with Crippen molar-refractivity contribution >= 4 is 0 Å². The third kappa shape index (κ3) is 1.94. The summed E-state index contributed by atoms with van der Waals surface area (Å²) in [4.78, 5) is 0. The highest BCUT2D eigenvalue weighted by Crippen LogP contribution is 2.35. The first-order valence-electron chi connectivity index (χ1n) is 5.22. The van der Waals surface area contributed by atoms with Crippen molar-refractivity contribution in [1.29, 1.82) is 0 Å². The van der Waals surface area contributed by atoms with Gasteiger partial charge in [0, 0.05) is 12.1 Å². The molecule has 2 heteroatoms. The number of fused-ring (bicyclic) bond motifs is 2. The molecular formula is C11H19NO. The Morgan fingerprint density at radius 1 is 1.31 bits per heavy atom. The molecule has 2 unspecified atom stereocenters. The van der Waals surface area contributed by atoms with Crippen molar-refractivity contribution in [1.82, 2.24) is 5.32 Å². The molecule has 0 spiro atoms. The second-order valence-corrected chi connectivity index (χ2v) is 4.87. The van der Waals surface area contributed by atoms with Crippen LogP contribution in [0.25, 0.3) is 0 Å². The Morgan fingerprint density at radius 2 is 1.85 bits per heavy atom. The van der Waals surface area contributed by atoms with E-state index in [0.29, 0.717) is 12.1 Å². The van der Waals surface area contributed by atoms with Crippen LogP contribution in [-0.4, -0.2) is 22.8 Å². The molecule has 13 heavy (non-hydrogen) atoms. The maximum Gasteiger partial charge on any atom is 0.0859 e. The van der Waals surface area contributed by atoms with Gasteiger partial charge in [-0.1, -0.05) is 11.6 Å². The summed E-state index contributed by atoms with van der Waals surface area (Å²) in [7, 11) is 0. The summed E-state index contributed by atoms with van der Waals surface area (Å²) in [6.07, 6.45) is 6.32. The molecule has 2 aliphatic heterocycles. The van der Waals surface area contributed by atoms with E-state index in [0.717, 1.165) is 12.8 Å². The van der Waals surface area contributed by atoms with E-state index in [1.165, 1.54) is 18.4 Å². The highest BCUT2D eigenvalue weighted by molar-refractivity contribution is 5.13. The number of hydrogen-bond acceptors (Lipinski definition) is 2. The van der Waals surface area contributed by atoms with Crippen molar-refractivity contribution in [3.63, 3.8) is 0 Å². The van der Waals surface area contributed by atoms with Gasteiger partial charge in [0.2, 0.25) is 0 Å². The Labute approximate surface area is 80.0 Å². The van der Waals surface area contributed by atoms with Crippen LogP contribution in [0.4, 0.5) is 0 Å². The van der Waals surface area contributed by atoms with E-state index in [-0.39, 0.29) is 0 Å². The minimum absolute atomic E-state index is 0.518. The van der Waals surface area contributed by atoms with E-state index in [9.17, 15) is 5.11 Å². The van der Waals surface area contributed by atoms with Gasteiger partial charge in [0.05, 0.1) is 5.60 Å². The van der Waals surface area contributed by atoms with Gasteiger partial charge in [-0.2, -0.15) is 0 Å². The zero-order valence-corrected chi connectivity index (χ0v) is 8.51. The predicted octanol–water partition coefficient (Wildman–Crippen LogP) is 1.60. The predicted molar refractivity (Wildman–Crippen MR) is 53.6 cm³/mol. The molecule has 2 fully saturated rings. The largest absolute Gasteiger partial charge is 0.386 e. The molecule has 2 aliphatic rings. The fraction of sp³-hybridized carbons (Fsp3) is 0.818. The average Bonchev–Trinajstić information content (AvgIpc) is 2.27. The first kappa shape index (κ1) is 9.22. The Bertz CT molecular complexity index is 218. The SMILES string of the molecule is CC(C)=CC1(O)CC2CCC(C1)N2. The molecule has 2 bridgehead atoms. The summed E-state index contributed by atoms with van der Waals surface area (Å²) in [5.41, 5.74) is 0.708. The van der Waals surface area contributed by atoms with Gasteiger partial charge >= 0.3 is 0 Å². The number of aliphatic hydroxyl groups is 1. The van der Waals surface area contributed by atoms with Gasteiger partial charge in [-0.05, 0) is 39.5 Å². The van der Waals surface area contributed by atoms with Crippen LogP contribution in [-0.2, 0) is 0 Å². The van der Waals surface area contributed by atoms with Crippen molar-refractivity contribution in [3.05, 3.63) is 11.6 Å². The number of hydrogen-bond donors (Lipinski definition) is 2. The molecule has 0 aromatic heterocycles. The van der Waals surface area contributed by atoms with Crippen LogP contribution in [0.5, 0.6) is 0 Å². The number of nitrogens with one attached hydrogen (secondary N) is 1. The second kappa shape index (κ2) is 3.10. The molecule has 2 saturated heterocycles. The topological polar surface area (TPSA) is 32.3 Å². The number of rotatable bonds is 1. The Morgan fingerprint density at radius 3 is 2.31 bits per heavy atom. The molecule has 0 aromatic rings. The third-order valence-electron chi connectivity index (χ3n) is 3.09. The summed E-state index contributed by atoms with van der Waals surface area (Å²) in [5, 5.41) is 13.8. The maximum absolute atomic E-state index is 10.3. The quantitative estimate of drug-likeness (QED) is 0.602. The second-order valence-electron chi connectivity index (χ2n) is 4.87. The summed E-state index contributed by atoms with van der Waals surface area (Å²) in [5.74, 6) is 0. The van der Waals surface area contributed by atoms with Crippen LogP contribution in [0, 0.1) is 0 Å². The van der Waals surface area contributed by atoms with E-state index in [1.54, 1.807) is 0 Å². The third-order valence-corrected chi connectivity index (χ3v) is 3.09. The fourth-order valence-electron chi connectivity index (χ4n) is 2.82. The lowest BCUT2D eigenvalue weighted by Crippen LogP contribution is -2.47. The fourth-order valence-corrected chi connectivity index (χ4v) is 2.82. The smallest absolute Gasteiger partial charge is 0.0859 e. The first-order chi connectivity index (χ1) is 6.07. The van der Waals surface area contributed by atoms with Gasteiger partial charge in [-0.3, -0.25) is 0 Å². The number of allylic oxidation sites excluding steroid dienone is 1. The van der Waals surface area contributed by atoms with Crippen LogP contribution in [0.1, 0.15) is 39.5 Å². The summed E-state index contributed by atoms with van der Waals surface area (Å²) >= 11 is 0. The molecule has 74 valence electrons. The molecular weight excluding hydrogens is 162 g/mol. The molecule has 2 heterocycles. The highest BCUT2D eigenvalue weighted by atomic mass is 16.3. The summed E-state index contributed by atoms with van der Waals surface area (Å²) < 4.78 is 0. The molecule has 2 atom stereocenters. The Hall–Kier alpha value is -0.340. The van der Waals surface area contributed by atoms with E-state index in [1.807, 2.05) is 6.08 Å². The van der Waals surface area contributed by atoms with Crippen LogP contribution < -0.4 is 5.32 Å². The van der Waals surface area contributed by atoms with Gasteiger partial charge < -0.3 is 10.4 Å². The van der Waals surface area contributed by atoms with E-state index >= 15 is 0 Å². The molecule has 2 N–H and O–H groups in total. The van der Waals surface area contributed by atoms with Gasteiger partial charge in [-0.25, -0.2) is 0 Å². The van der Waals surface area contributed by atoms with Crippen molar-refractivity contribution in [2.75, 3.05) is 0 Å². The molecule has 0 aromatic carbocycles. The Kier molecular flexibility index (Phi) is 2.20. The minimum Gasteiger partial charge on any atom is -0.386 e. The average molecular weight is 181 g/mol. The van der Waals surface area contributed by atoms with E-state index in [2.05, 4.69) is 19.2 Å². The monoisotopic (exact) mass is 181 g/mol. The zero-order chi connectivity index (χ0) is 9.47. The van der Waals surface area contributed by atoms with Crippen molar-refractivity contribution in [2.45, 2.75) is 57.2 Å². The molecule has 0 radical (unpaired) electrons. The standard InChI is InChI=1S/C11H19NO/c1-8(2)5-11(13)6-9-3-4-10(7-11)12-9/h5,9-10,12-13H,3-4,6-7H2,1-2H3. The van der Waals surface area contributed by atoms with E-state index in [4.69, 9.17) is 0 Å². The van der Waals surface area contributed by atoms with Crippen molar-refractivity contribution in [3.8, 4) is 0 Å². The molecule has 2 nitrogen and oxygen atoms in total. The molecule has 0 saturated carbocycles. The lowest BCUT2D eigenvalue weighted by Gasteiger charge is -2.35. The van der Waals surface area contributed by atoms with Crippen LogP contribution in [0.15, 0.2) is 11.6 Å². The normalized spacial score (nSPS) is 43.3. The number of piperidine rings is 1. The highest BCUT2D eigenvalue weighted by Gasteiger charge is 2.40. The summed E-state index contributed by atoms with van der Waals surface area (Å²) in [6, 6.07) is 1.11. The molecule has 2 rings (SSSR count). The van der Waals surface area contributed by atoms with Crippen molar-refractivity contribution in [2.24, 2.45) is 0 Å².